The van der Waals surface area contributed by atoms with E-state index in [1.807, 2.05) is 32.0 Å². The number of ether oxygens (including phenoxy) is 1. The maximum Gasteiger partial charge on any atom is 0.389 e. The van der Waals surface area contributed by atoms with Crippen molar-refractivity contribution in [1.82, 2.24) is 5.32 Å². The minimum Gasteiger partial charge on any atom is -0.496 e. The lowest BCUT2D eigenvalue weighted by atomic mass is 9.98. The van der Waals surface area contributed by atoms with Gasteiger partial charge in [0.15, 0.2) is 0 Å². The summed E-state index contributed by atoms with van der Waals surface area (Å²) >= 11 is 0. The van der Waals surface area contributed by atoms with E-state index >= 15 is 0 Å². The van der Waals surface area contributed by atoms with Gasteiger partial charge in [0.05, 0.1) is 7.11 Å². The van der Waals surface area contributed by atoms with E-state index in [2.05, 4.69) is 5.32 Å². The normalized spacial score (nSPS) is 13.3. The number of benzene rings is 1. The van der Waals surface area contributed by atoms with Crippen LogP contribution in [0.1, 0.15) is 43.4 Å². The molecule has 0 saturated heterocycles. The fraction of sp³-hybridized carbons (Fsp3) is 0.600. The van der Waals surface area contributed by atoms with Crippen molar-refractivity contribution in [2.75, 3.05) is 13.7 Å². The van der Waals surface area contributed by atoms with Gasteiger partial charge in [0.2, 0.25) is 0 Å². The lowest BCUT2D eigenvalue weighted by Crippen LogP contribution is -2.22. The van der Waals surface area contributed by atoms with Gasteiger partial charge in [0.25, 0.3) is 0 Å². The average Bonchev–Trinajstić information content (AvgIpc) is 2.36. The molecule has 5 heteroatoms. The second-order valence-electron chi connectivity index (χ2n) is 4.86. The van der Waals surface area contributed by atoms with Crippen LogP contribution in [0, 0.1) is 6.92 Å². The number of rotatable bonds is 7. The zero-order valence-corrected chi connectivity index (χ0v) is 12.2. The van der Waals surface area contributed by atoms with Crippen LogP contribution in [-0.4, -0.2) is 19.8 Å². The monoisotopic (exact) mass is 289 g/mol. The van der Waals surface area contributed by atoms with Gasteiger partial charge >= 0.3 is 6.18 Å². The van der Waals surface area contributed by atoms with Crippen molar-refractivity contribution in [3.8, 4) is 5.75 Å². The molecule has 0 spiro atoms. The highest BCUT2D eigenvalue weighted by molar-refractivity contribution is 5.39. The van der Waals surface area contributed by atoms with Gasteiger partial charge in [-0.3, -0.25) is 0 Å². The first-order valence-electron chi connectivity index (χ1n) is 6.82. The van der Waals surface area contributed by atoms with E-state index in [1.165, 1.54) is 0 Å². The fourth-order valence-electron chi connectivity index (χ4n) is 2.23. The van der Waals surface area contributed by atoms with Crippen molar-refractivity contribution < 1.29 is 17.9 Å². The van der Waals surface area contributed by atoms with Crippen molar-refractivity contribution in [3.05, 3.63) is 29.3 Å². The number of nitrogens with one attached hydrogen (secondary N) is 1. The minimum atomic E-state index is -4.09. The molecule has 20 heavy (non-hydrogen) atoms. The maximum atomic E-state index is 12.2. The van der Waals surface area contributed by atoms with Gasteiger partial charge in [0, 0.05) is 18.0 Å². The van der Waals surface area contributed by atoms with Crippen LogP contribution < -0.4 is 10.1 Å². The predicted molar refractivity (Wildman–Crippen MR) is 74.1 cm³/mol. The van der Waals surface area contributed by atoms with Gasteiger partial charge in [-0.1, -0.05) is 19.1 Å². The third-order valence-corrected chi connectivity index (χ3v) is 3.17. The summed E-state index contributed by atoms with van der Waals surface area (Å²) in [6.45, 7) is 4.60. The van der Waals surface area contributed by atoms with E-state index in [1.54, 1.807) is 7.11 Å². The van der Waals surface area contributed by atoms with Crippen LogP contribution in [-0.2, 0) is 0 Å². The zero-order valence-electron chi connectivity index (χ0n) is 12.2. The molecule has 1 aromatic rings. The summed E-state index contributed by atoms with van der Waals surface area (Å²) in [6.07, 6.45) is -4.29. The highest BCUT2D eigenvalue weighted by Crippen LogP contribution is 2.31. The van der Waals surface area contributed by atoms with Crippen LogP contribution in [0.4, 0.5) is 13.2 Å². The summed E-state index contributed by atoms with van der Waals surface area (Å²) in [6, 6.07) is 5.67. The zero-order chi connectivity index (χ0) is 15.2. The van der Waals surface area contributed by atoms with Gasteiger partial charge in [-0.05, 0) is 37.9 Å². The molecule has 0 aromatic heterocycles. The van der Waals surface area contributed by atoms with E-state index in [9.17, 15) is 13.2 Å². The number of methoxy groups -OCH3 is 1. The Morgan fingerprint density at radius 3 is 2.55 bits per heavy atom. The first-order valence-corrected chi connectivity index (χ1v) is 6.82. The van der Waals surface area contributed by atoms with E-state index in [0.717, 1.165) is 16.9 Å². The third-order valence-electron chi connectivity index (χ3n) is 3.17. The summed E-state index contributed by atoms with van der Waals surface area (Å²) in [5, 5.41) is 3.23. The van der Waals surface area contributed by atoms with E-state index in [0.29, 0.717) is 13.0 Å². The second-order valence-corrected chi connectivity index (χ2v) is 4.86. The molecule has 1 aromatic carbocycles. The van der Waals surface area contributed by atoms with E-state index in [4.69, 9.17) is 4.74 Å². The van der Waals surface area contributed by atoms with Crippen molar-refractivity contribution >= 4 is 0 Å². The van der Waals surface area contributed by atoms with Crippen molar-refractivity contribution in [2.45, 2.75) is 45.3 Å². The van der Waals surface area contributed by atoms with Gasteiger partial charge in [-0.15, -0.1) is 0 Å². The van der Waals surface area contributed by atoms with E-state index in [-0.39, 0.29) is 12.5 Å². The number of hydrogen-bond donors (Lipinski definition) is 1. The lowest BCUT2D eigenvalue weighted by molar-refractivity contribution is -0.135. The Bertz CT molecular complexity index is 418. The smallest absolute Gasteiger partial charge is 0.389 e. The Morgan fingerprint density at radius 2 is 2.00 bits per heavy atom. The fourth-order valence-corrected chi connectivity index (χ4v) is 2.23. The Hall–Kier alpha value is -1.23. The molecule has 0 fully saturated rings. The number of aryl methyl sites for hydroxylation is 1. The summed E-state index contributed by atoms with van der Waals surface area (Å²) in [5.41, 5.74) is 1.98. The Balaban J connectivity index is 2.79. The lowest BCUT2D eigenvalue weighted by Gasteiger charge is -2.21. The molecule has 1 rings (SSSR count). The average molecular weight is 289 g/mol. The first kappa shape index (κ1) is 16.8. The summed E-state index contributed by atoms with van der Waals surface area (Å²) in [4.78, 5) is 0. The molecule has 1 N–H and O–H groups in total. The molecule has 0 aliphatic carbocycles. The first-order chi connectivity index (χ1) is 9.37. The molecule has 0 heterocycles. The van der Waals surface area contributed by atoms with Gasteiger partial charge in [-0.2, -0.15) is 13.2 Å². The number of hydrogen-bond acceptors (Lipinski definition) is 2. The van der Waals surface area contributed by atoms with Crippen LogP contribution in [0.25, 0.3) is 0 Å². The van der Waals surface area contributed by atoms with Crippen molar-refractivity contribution in [2.24, 2.45) is 0 Å². The van der Waals surface area contributed by atoms with Crippen LogP contribution >= 0.6 is 0 Å². The standard InChI is InChI=1S/C15H22F3NO/c1-4-19-13(6-5-9-15(16,17)18)12-8-7-11(2)10-14(12)20-3/h7-8,10,13,19H,4-6,9H2,1-3H3. The molecule has 0 aliphatic heterocycles. The minimum absolute atomic E-state index is 0.109. The predicted octanol–water partition coefficient (Wildman–Crippen LogP) is 4.39. The molecule has 0 radical (unpaired) electrons. The topological polar surface area (TPSA) is 21.3 Å². The van der Waals surface area contributed by atoms with E-state index < -0.39 is 12.6 Å². The van der Waals surface area contributed by atoms with Gasteiger partial charge in [-0.25, -0.2) is 0 Å². The number of alkyl halides is 3. The molecule has 0 bridgehead atoms. The van der Waals surface area contributed by atoms with Crippen LogP contribution in [0.3, 0.4) is 0 Å². The molecule has 0 aliphatic rings. The molecule has 0 saturated carbocycles. The Morgan fingerprint density at radius 1 is 1.30 bits per heavy atom. The molecule has 2 nitrogen and oxygen atoms in total. The molecular weight excluding hydrogens is 267 g/mol. The van der Waals surface area contributed by atoms with Crippen LogP contribution in [0.15, 0.2) is 18.2 Å². The van der Waals surface area contributed by atoms with Crippen LogP contribution in [0.2, 0.25) is 0 Å². The van der Waals surface area contributed by atoms with Crippen molar-refractivity contribution in [3.63, 3.8) is 0 Å². The molecule has 1 unspecified atom stereocenters. The third kappa shape index (κ3) is 5.41. The quantitative estimate of drug-likeness (QED) is 0.804. The molecular formula is C15H22F3NO. The SMILES string of the molecule is CCNC(CCCC(F)(F)F)c1ccc(C)cc1OC. The largest absolute Gasteiger partial charge is 0.496 e. The second kappa shape index (κ2) is 7.53. The van der Waals surface area contributed by atoms with Gasteiger partial charge in [0.1, 0.15) is 5.75 Å². The summed E-state index contributed by atoms with van der Waals surface area (Å²) in [5.74, 6) is 0.725. The summed E-state index contributed by atoms with van der Waals surface area (Å²) < 4.78 is 42.1. The van der Waals surface area contributed by atoms with Crippen molar-refractivity contribution in [1.29, 1.82) is 0 Å². The Kier molecular flexibility index (Phi) is 6.33. The number of halogens is 3. The molecule has 114 valence electrons. The highest BCUT2D eigenvalue weighted by Gasteiger charge is 2.27. The Labute approximate surface area is 118 Å². The van der Waals surface area contributed by atoms with Crippen LogP contribution in [0.5, 0.6) is 5.75 Å². The van der Waals surface area contributed by atoms with Gasteiger partial charge < -0.3 is 10.1 Å². The highest BCUT2D eigenvalue weighted by atomic mass is 19.4. The summed E-state index contributed by atoms with van der Waals surface area (Å²) in [7, 11) is 1.58. The molecule has 0 amide bonds. The molecule has 1 atom stereocenters. The maximum absolute atomic E-state index is 12.2.